The van der Waals surface area contributed by atoms with Gasteiger partial charge in [-0.1, -0.05) is 6.92 Å². The van der Waals surface area contributed by atoms with Crippen LogP contribution in [0.1, 0.15) is 37.4 Å². The van der Waals surface area contributed by atoms with Crippen LogP contribution in [0.5, 0.6) is 0 Å². The summed E-state index contributed by atoms with van der Waals surface area (Å²) in [5.74, 6) is 1.45. The number of nitrogens with zero attached hydrogens (tertiary/aromatic N) is 5. The molecule has 2 N–H and O–H groups in total. The molecule has 0 amide bonds. The van der Waals surface area contributed by atoms with Crippen molar-refractivity contribution in [2.24, 2.45) is 0 Å². The van der Waals surface area contributed by atoms with E-state index in [1.165, 1.54) is 44.5 Å². The van der Waals surface area contributed by atoms with Gasteiger partial charge >= 0.3 is 0 Å². The summed E-state index contributed by atoms with van der Waals surface area (Å²) in [6.45, 7) is 9.87. The van der Waals surface area contributed by atoms with E-state index < -0.39 is 0 Å². The standard InChI is InChI=1S/C18H32N6/c1-5-15-14(2)20-17(19)21-16(15)24-11-7-18(8-12-24)13-22(3)9-6-10-23(18)4/h5-13H2,1-4H3,(H2,19,20,21). The lowest BCUT2D eigenvalue weighted by molar-refractivity contribution is 0.0785. The number of likely N-dealkylation sites (N-methyl/N-ethyl adjacent to an activating group) is 2. The van der Waals surface area contributed by atoms with Gasteiger partial charge in [-0.05, 0) is 59.8 Å². The van der Waals surface area contributed by atoms with Crippen molar-refractivity contribution in [3.63, 3.8) is 0 Å². The zero-order valence-electron chi connectivity index (χ0n) is 15.7. The summed E-state index contributed by atoms with van der Waals surface area (Å²) >= 11 is 0. The van der Waals surface area contributed by atoms with Crippen LogP contribution in [0.15, 0.2) is 0 Å². The highest BCUT2D eigenvalue weighted by Gasteiger charge is 2.40. The molecular weight excluding hydrogens is 300 g/mol. The summed E-state index contributed by atoms with van der Waals surface area (Å²) in [6, 6.07) is 0. The van der Waals surface area contributed by atoms with Crippen LogP contribution in [0.3, 0.4) is 0 Å². The second-order valence-corrected chi connectivity index (χ2v) is 7.55. The van der Waals surface area contributed by atoms with Gasteiger partial charge in [-0.3, -0.25) is 4.90 Å². The smallest absolute Gasteiger partial charge is 0.222 e. The Morgan fingerprint density at radius 2 is 1.79 bits per heavy atom. The monoisotopic (exact) mass is 332 g/mol. The van der Waals surface area contributed by atoms with Gasteiger partial charge in [0.05, 0.1) is 0 Å². The summed E-state index contributed by atoms with van der Waals surface area (Å²) < 4.78 is 0. The number of aryl methyl sites for hydroxylation is 1. The lowest BCUT2D eigenvalue weighted by Crippen LogP contribution is -2.58. The van der Waals surface area contributed by atoms with Crippen LogP contribution in [0.4, 0.5) is 11.8 Å². The third-order valence-corrected chi connectivity index (χ3v) is 5.96. The van der Waals surface area contributed by atoms with Crippen LogP contribution < -0.4 is 10.6 Å². The SMILES string of the molecule is CCc1c(C)nc(N)nc1N1CCC2(CC1)CN(C)CCCN2C. The summed E-state index contributed by atoms with van der Waals surface area (Å²) in [5.41, 5.74) is 8.49. The van der Waals surface area contributed by atoms with Crippen molar-refractivity contribution < 1.29 is 0 Å². The molecule has 0 aromatic carbocycles. The molecule has 2 aliphatic rings. The molecule has 0 bridgehead atoms. The molecule has 0 unspecified atom stereocenters. The van der Waals surface area contributed by atoms with Crippen molar-refractivity contribution >= 4 is 11.8 Å². The van der Waals surface area contributed by atoms with Crippen LogP contribution in [0, 0.1) is 6.92 Å². The fraction of sp³-hybridized carbons (Fsp3) is 0.778. The Kier molecular flexibility index (Phi) is 4.97. The first-order valence-corrected chi connectivity index (χ1v) is 9.23. The van der Waals surface area contributed by atoms with Gasteiger partial charge in [0.1, 0.15) is 5.82 Å². The van der Waals surface area contributed by atoms with Crippen LogP contribution in [0.2, 0.25) is 0 Å². The number of anilines is 2. The number of hydrogen-bond acceptors (Lipinski definition) is 6. The number of hydrogen-bond donors (Lipinski definition) is 1. The Morgan fingerprint density at radius 1 is 1.08 bits per heavy atom. The van der Waals surface area contributed by atoms with Gasteiger partial charge in [-0.25, -0.2) is 4.98 Å². The second kappa shape index (κ2) is 6.84. The Balaban J connectivity index is 1.80. The molecule has 3 rings (SSSR count). The van der Waals surface area contributed by atoms with Crippen LogP contribution in [-0.4, -0.2) is 72.1 Å². The summed E-state index contributed by atoms with van der Waals surface area (Å²) in [6.07, 6.45) is 4.58. The molecule has 0 radical (unpaired) electrons. The van der Waals surface area contributed by atoms with Gasteiger partial charge in [0.25, 0.3) is 0 Å². The van der Waals surface area contributed by atoms with E-state index >= 15 is 0 Å². The number of aromatic nitrogens is 2. The minimum Gasteiger partial charge on any atom is -0.368 e. The van der Waals surface area contributed by atoms with Crippen LogP contribution in [-0.2, 0) is 6.42 Å². The van der Waals surface area contributed by atoms with Crippen LogP contribution in [0.25, 0.3) is 0 Å². The highest BCUT2D eigenvalue weighted by atomic mass is 15.3. The zero-order chi connectivity index (χ0) is 17.3. The third kappa shape index (κ3) is 3.22. The maximum absolute atomic E-state index is 5.92. The van der Waals surface area contributed by atoms with Crippen molar-refractivity contribution in [1.82, 2.24) is 19.8 Å². The molecule has 6 heteroatoms. The summed E-state index contributed by atoms with van der Waals surface area (Å²) in [7, 11) is 4.57. The number of nitrogen functional groups attached to an aromatic ring is 1. The van der Waals surface area contributed by atoms with E-state index in [0.717, 1.165) is 31.0 Å². The topological polar surface area (TPSA) is 61.5 Å². The largest absolute Gasteiger partial charge is 0.368 e. The third-order valence-electron chi connectivity index (χ3n) is 5.96. The predicted molar refractivity (Wildman–Crippen MR) is 99.5 cm³/mol. The Morgan fingerprint density at radius 3 is 2.46 bits per heavy atom. The van der Waals surface area contributed by atoms with E-state index in [-0.39, 0.29) is 0 Å². The molecule has 2 fully saturated rings. The molecule has 0 aliphatic carbocycles. The molecule has 134 valence electrons. The minimum atomic E-state index is 0.307. The van der Waals surface area contributed by atoms with E-state index in [9.17, 15) is 0 Å². The average molecular weight is 332 g/mol. The lowest BCUT2D eigenvalue weighted by Gasteiger charge is -2.48. The highest BCUT2D eigenvalue weighted by Crippen LogP contribution is 2.34. The first-order valence-electron chi connectivity index (χ1n) is 9.23. The Hall–Kier alpha value is -1.40. The first-order chi connectivity index (χ1) is 11.4. The molecule has 2 aliphatic heterocycles. The van der Waals surface area contributed by atoms with Crippen LogP contribution >= 0.6 is 0 Å². The van der Waals surface area contributed by atoms with Crippen molar-refractivity contribution in [2.75, 3.05) is 57.5 Å². The van der Waals surface area contributed by atoms with E-state index in [2.05, 4.69) is 45.7 Å². The van der Waals surface area contributed by atoms with Gasteiger partial charge in [-0.15, -0.1) is 0 Å². The first kappa shape index (κ1) is 17.4. The molecule has 1 spiro atoms. The molecule has 0 atom stereocenters. The fourth-order valence-corrected chi connectivity index (χ4v) is 4.47. The summed E-state index contributed by atoms with van der Waals surface area (Å²) in [4.78, 5) is 16.5. The molecule has 6 nitrogen and oxygen atoms in total. The predicted octanol–water partition coefficient (Wildman–Crippen LogP) is 1.54. The zero-order valence-corrected chi connectivity index (χ0v) is 15.7. The Labute approximate surface area is 146 Å². The molecule has 1 aromatic heterocycles. The molecule has 2 saturated heterocycles. The van der Waals surface area contributed by atoms with Gasteiger partial charge in [-0.2, -0.15) is 4.98 Å². The molecule has 24 heavy (non-hydrogen) atoms. The van der Waals surface area contributed by atoms with Crippen molar-refractivity contribution in [3.8, 4) is 0 Å². The fourth-order valence-electron chi connectivity index (χ4n) is 4.47. The maximum Gasteiger partial charge on any atom is 0.222 e. The van der Waals surface area contributed by atoms with Gasteiger partial charge in [0, 0.05) is 36.4 Å². The average Bonchev–Trinajstić information content (AvgIpc) is 2.67. The lowest BCUT2D eigenvalue weighted by atomic mass is 9.85. The van der Waals surface area contributed by atoms with Gasteiger partial charge < -0.3 is 15.5 Å². The minimum absolute atomic E-state index is 0.307. The normalized spacial score (nSPS) is 22.8. The number of rotatable bonds is 2. The molecule has 1 aromatic rings. The second-order valence-electron chi connectivity index (χ2n) is 7.55. The van der Waals surface area contributed by atoms with Gasteiger partial charge in [0.15, 0.2) is 0 Å². The van der Waals surface area contributed by atoms with E-state index in [4.69, 9.17) is 5.73 Å². The van der Waals surface area contributed by atoms with Crippen molar-refractivity contribution in [3.05, 3.63) is 11.3 Å². The highest BCUT2D eigenvalue weighted by molar-refractivity contribution is 5.52. The quantitative estimate of drug-likeness (QED) is 0.886. The number of piperidine rings is 1. The van der Waals surface area contributed by atoms with E-state index in [1.807, 2.05) is 6.92 Å². The van der Waals surface area contributed by atoms with Crippen molar-refractivity contribution in [2.45, 2.75) is 45.1 Å². The summed E-state index contributed by atoms with van der Waals surface area (Å²) in [5, 5.41) is 0. The molecule has 0 saturated carbocycles. The Bertz CT molecular complexity index is 579. The van der Waals surface area contributed by atoms with Gasteiger partial charge in [0.2, 0.25) is 5.95 Å². The van der Waals surface area contributed by atoms with E-state index in [0.29, 0.717) is 11.5 Å². The maximum atomic E-state index is 5.92. The molecular formula is C18H32N6. The molecule has 3 heterocycles. The van der Waals surface area contributed by atoms with E-state index in [1.54, 1.807) is 0 Å². The number of nitrogens with two attached hydrogens (primary N) is 1. The van der Waals surface area contributed by atoms with Crippen molar-refractivity contribution in [1.29, 1.82) is 0 Å².